The third-order valence-corrected chi connectivity index (χ3v) is 7.81. The Bertz CT molecular complexity index is 693. The zero-order valence-electron chi connectivity index (χ0n) is 15.3. The van der Waals surface area contributed by atoms with Crippen molar-refractivity contribution in [1.82, 2.24) is 0 Å². The summed E-state index contributed by atoms with van der Waals surface area (Å²) < 4.78 is 10.4. The van der Waals surface area contributed by atoms with Gasteiger partial charge in [0, 0.05) is 5.92 Å². The van der Waals surface area contributed by atoms with Crippen molar-refractivity contribution in [2.45, 2.75) is 52.1 Å². The van der Waals surface area contributed by atoms with Gasteiger partial charge < -0.3 is 14.3 Å². The lowest BCUT2D eigenvalue weighted by molar-refractivity contribution is -0.152. The minimum absolute atomic E-state index is 0.0184. The topological polar surface area (TPSA) is 59.7 Å². The Hall–Kier alpha value is -1.55. The fourth-order valence-corrected chi connectivity index (χ4v) is 6.14. The van der Waals surface area contributed by atoms with Crippen LogP contribution in [0.5, 0.6) is 0 Å². The van der Waals surface area contributed by atoms with Gasteiger partial charge in [0.2, 0.25) is 0 Å². The molecule has 0 aliphatic heterocycles. The average molecular weight is 344 g/mol. The number of furan rings is 1. The summed E-state index contributed by atoms with van der Waals surface area (Å²) in [5, 5.41) is 10.9. The summed E-state index contributed by atoms with van der Waals surface area (Å²) in [5.41, 5.74) is 0.535. The standard InChI is InChI=1S/C21H28O4/c1-14-4-9-20-13-21(20,18(23)24-3)10-6-16(22)17(20)19(14,2)8-5-15-7-11-25-12-15/h6-7,10-12,14,16-17,22H,4-5,8-9,13H2,1-3H3/t14?,16?,17?,19-,20-,21-/m0/s1. The van der Waals surface area contributed by atoms with Gasteiger partial charge in [-0.2, -0.15) is 0 Å². The van der Waals surface area contributed by atoms with Gasteiger partial charge in [-0.1, -0.05) is 26.0 Å². The van der Waals surface area contributed by atoms with Crippen molar-refractivity contribution in [3.63, 3.8) is 0 Å². The highest BCUT2D eigenvalue weighted by atomic mass is 16.5. The zero-order chi connectivity index (χ0) is 17.9. The van der Waals surface area contributed by atoms with Crippen LogP contribution in [0.3, 0.4) is 0 Å². The van der Waals surface area contributed by atoms with Gasteiger partial charge in [0.05, 0.1) is 31.2 Å². The number of carbonyl (C=O) groups is 1. The molecule has 0 radical (unpaired) electrons. The van der Waals surface area contributed by atoms with Crippen LogP contribution in [0, 0.1) is 28.1 Å². The minimum Gasteiger partial charge on any atom is -0.472 e. The second kappa shape index (κ2) is 5.47. The summed E-state index contributed by atoms with van der Waals surface area (Å²) in [5.74, 6) is 0.472. The molecular formula is C21H28O4. The van der Waals surface area contributed by atoms with Gasteiger partial charge in [0.25, 0.3) is 0 Å². The van der Waals surface area contributed by atoms with Gasteiger partial charge in [-0.3, -0.25) is 4.79 Å². The number of carbonyl (C=O) groups excluding carboxylic acids is 1. The second-order valence-corrected chi connectivity index (χ2v) is 8.70. The van der Waals surface area contributed by atoms with Crippen molar-refractivity contribution in [1.29, 1.82) is 0 Å². The smallest absolute Gasteiger partial charge is 0.316 e. The van der Waals surface area contributed by atoms with E-state index in [1.54, 1.807) is 12.5 Å². The summed E-state index contributed by atoms with van der Waals surface area (Å²) in [6, 6.07) is 2.01. The highest BCUT2D eigenvalue weighted by Gasteiger charge is 2.79. The minimum atomic E-state index is -0.511. The molecule has 4 rings (SSSR count). The van der Waals surface area contributed by atoms with Gasteiger partial charge in [0.15, 0.2) is 0 Å². The largest absolute Gasteiger partial charge is 0.472 e. The maximum atomic E-state index is 12.6. The van der Waals surface area contributed by atoms with Crippen LogP contribution in [0.1, 0.15) is 45.1 Å². The Labute approximate surface area is 149 Å². The molecule has 0 bridgehead atoms. The Morgan fingerprint density at radius 3 is 2.96 bits per heavy atom. The van der Waals surface area contributed by atoms with E-state index in [1.165, 1.54) is 12.7 Å². The fraction of sp³-hybridized carbons (Fsp3) is 0.667. The van der Waals surface area contributed by atoms with Crippen molar-refractivity contribution in [2.24, 2.45) is 28.1 Å². The van der Waals surface area contributed by atoms with Crippen LogP contribution < -0.4 is 0 Å². The van der Waals surface area contributed by atoms with Crippen molar-refractivity contribution in [3.8, 4) is 0 Å². The molecule has 2 saturated carbocycles. The number of aliphatic hydroxyl groups is 1. The fourth-order valence-electron chi connectivity index (χ4n) is 6.14. The number of esters is 1. The maximum Gasteiger partial charge on any atom is 0.316 e. The van der Waals surface area contributed by atoms with Gasteiger partial charge >= 0.3 is 5.97 Å². The summed E-state index contributed by atoms with van der Waals surface area (Å²) in [6.45, 7) is 4.61. The van der Waals surface area contributed by atoms with Crippen LogP contribution >= 0.6 is 0 Å². The molecule has 3 aliphatic carbocycles. The summed E-state index contributed by atoms with van der Waals surface area (Å²) in [6.07, 6.45) is 11.6. The van der Waals surface area contributed by atoms with Crippen molar-refractivity contribution < 1.29 is 19.1 Å². The zero-order valence-corrected chi connectivity index (χ0v) is 15.3. The molecule has 1 spiro atoms. The molecule has 2 fully saturated rings. The van der Waals surface area contributed by atoms with E-state index < -0.39 is 11.5 Å². The predicted molar refractivity (Wildman–Crippen MR) is 93.7 cm³/mol. The molecule has 1 heterocycles. The molecule has 4 heteroatoms. The van der Waals surface area contributed by atoms with Gasteiger partial charge in [0.1, 0.15) is 0 Å². The van der Waals surface area contributed by atoms with E-state index >= 15 is 0 Å². The molecule has 4 nitrogen and oxygen atoms in total. The van der Waals surface area contributed by atoms with Crippen LogP contribution in [0.25, 0.3) is 0 Å². The molecule has 0 saturated heterocycles. The summed E-state index contributed by atoms with van der Waals surface area (Å²) in [4.78, 5) is 12.6. The first-order valence-corrected chi connectivity index (χ1v) is 9.36. The molecule has 1 aromatic rings. The first kappa shape index (κ1) is 16.9. The molecule has 3 unspecified atom stereocenters. The first-order chi connectivity index (χ1) is 11.9. The van der Waals surface area contributed by atoms with Crippen molar-refractivity contribution in [2.75, 3.05) is 7.11 Å². The molecule has 1 aromatic heterocycles. The van der Waals surface area contributed by atoms with E-state index in [0.717, 1.165) is 32.1 Å². The molecule has 0 amide bonds. The normalized spacial score (nSPS) is 44.7. The number of hydrogen-bond acceptors (Lipinski definition) is 4. The van der Waals surface area contributed by atoms with Gasteiger partial charge in [-0.25, -0.2) is 0 Å². The third kappa shape index (κ3) is 2.13. The monoisotopic (exact) mass is 344 g/mol. The van der Waals surface area contributed by atoms with E-state index in [9.17, 15) is 9.90 Å². The number of ether oxygens (including phenoxy) is 1. The molecule has 1 N–H and O–H groups in total. The van der Waals surface area contributed by atoms with E-state index in [2.05, 4.69) is 13.8 Å². The van der Waals surface area contributed by atoms with Crippen LogP contribution in [0.2, 0.25) is 0 Å². The molecule has 3 aliphatic rings. The molecule has 136 valence electrons. The predicted octanol–water partition coefficient (Wildman–Crippen LogP) is 3.74. The van der Waals surface area contributed by atoms with Crippen molar-refractivity contribution >= 4 is 5.97 Å². The van der Waals surface area contributed by atoms with Crippen molar-refractivity contribution in [3.05, 3.63) is 36.3 Å². The van der Waals surface area contributed by atoms with E-state index in [4.69, 9.17) is 9.15 Å². The summed E-state index contributed by atoms with van der Waals surface area (Å²) in [7, 11) is 1.47. The Morgan fingerprint density at radius 1 is 1.48 bits per heavy atom. The quantitative estimate of drug-likeness (QED) is 0.668. The van der Waals surface area contributed by atoms with E-state index in [-0.39, 0.29) is 22.7 Å². The number of methoxy groups -OCH3 is 1. The number of aryl methyl sites for hydroxylation is 1. The van der Waals surface area contributed by atoms with Crippen LogP contribution in [-0.4, -0.2) is 24.3 Å². The summed E-state index contributed by atoms with van der Waals surface area (Å²) >= 11 is 0. The number of rotatable bonds is 4. The van der Waals surface area contributed by atoms with Crippen LogP contribution in [0.4, 0.5) is 0 Å². The third-order valence-electron chi connectivity index (χ3n) is 7.81. The van der Waals surface area contributed by atoms with Gasteiger partial charge in [-0.05, 0) is 60.5 Å². The van der Waals surface area contributed by atoms with E-state index in [0.29, 0.717) is 5.92 Å². The SMILES string of the molecule is COC(=O)[C@@]12C=CC(O)C3[C@@](C)(CCc4ccoc4)C(C)CC[C@]31C2. The first-order valence-electron chi connectivity index (χ1n) is 9.36. The highest BCUT2D eigenvalue weighted by molar-refractivity contribution is 5.85. The number of hydrogen-bond donors (Lipinski definition) is 1. The van der Waals surface area contributed by atoms with E-state index in [1.807, 2.05) is 18.2 Å². The van der Waals surface area contributed by atoms with Crippen LogP contribution in [0.15, 0.2) is 35.2 Å². The molecular weight excluding hydrogens is 316 g/mol. The lowest BCUT2D eigenvalue weighted by atomic mass is 9.50. The van der Waals surface area contributed by atoms with Gasteiger partial charge in [-0.15, -0.1) is 0 Å². The molecule has 25 heavy (non-hydrogen) atoms. The molecule has 0 aromatic carbocycles. The lowest BCUT2D eigenvalue weighted by Gasteiger charge is -2.55. The maximum absolute atomic E-state index is 12.6. The second-order valence-electron chi connectivity index (χ2n) is 8.70. The Morgan fingerprint density at radius 2 is 2.28 bits per heavy atom. The lowest BCUT2D eigenvalue weighted by Crippen LogP contribution is -2.53. The number of aliphatic hydroxyl groups excluding tert-OH is 1. The Kier molecular flexibility index (Phi) is 3.70. The van der Waals surface area contributed by atoms with Crippen LogP contribution in [-0.2, 0) is 16.0 Å². The Balaban J connectivity index is 1.68. The molecule has 6 atom stereocenters. The highest BCUT2D eigenvalue weighted by Crippen LogP contribution is 2.79. The average Bonchev–Trinajstić information content (AvgIpc) is 2.98.